The summed E-state index contributed by atoms with van der Waals surface area (Å²) in [6.07, 6.45) is 15.6. The van der Waals surface area contributed by atoms with Crippen LogP contribution in [0.2, 0.25) is 0 Å². The van der Waals surface area contributed by atoms with Crippen molar-refractivity contribution in [2.45, 2.75) is 102 Å². The fourth-order valence-corrected chi connectivity index (χ4v) is 3.23. The molecular weight excluding hydrogens is 321 g/mol. The van der Waals surface area contributed by atoms with Crippen LogP contribution < -0.4 is 5.32 Å². The topological polar surface area (TPSA) is 69.6 Å². The molecule has 0 fully saturated rings. The first-order valence-electron chi connectivity index (χ1n) is 10.2. The summed E-state index contributed by atoms with van der Waals surface area (Å²) in [6.45, 7) is 0.784. The van der Waals surface area contributed by atoms with Crippen molar-refractivity contribution in [2.24, 2.45) is 0 Å². The van der Waals surface area contributed by atoms with Gasteiger partial charge in [-0.1, -0.05) is 77.0 Å². The van der Waals surface area contributed by atoms with Crippen molar-refractivity contribution in [2.75, 3.05) is 19.9 Å². The van der Waals surface area contributed by atoms with E-state index in [4.69, 9.17) is 0 Å². The summed E-state index contributed by atoms with van der Waals surface area (Å²) >= 11 is 0. The molecule has 3 N–H and O–H groups in total. The molecule has 1 amide bonds. The molecule has 0 aromatic carbocycles. The molecule has 0 aliphatic carbocycles. The van der Waals surface area contributed by atoms with Crippen LogP contribution in [0, 0.1) is 0 Å². The molecule has 4 nitrogen and oxygen atoms in total. The van der Waals surface area contributed by atoms with Gasteiger partial charge in [0, 0.05) is 6.92 Å². The smallest absolute Gasteiger partial charge is 0.217 e. The Morgan fingerprint density at radius 3 is 1.44 bits per heavy atom. The van der Waals surface area contributed by atoms with Gasteiger partial charge in [0.1, 0.15) is 0 Å². The lowest BCUT2D eigenvalue weighted by molar-refractivity contribution is -0.122. The zero-order valence-electron chi connectivity index (χ0n) is 16.2. The van der Waals surface area contributed by atoms with Crippen molar-refractivity contribution in [3.63, 3.8) is 0 Å². The highest BCUT2D eigenvalue weighted by atomic mass is 19.1. The fourth-order valence-electron chi connectivity index (χ4n) is 3.23. The minimum Gasteiger partial charge on any atom is -0.394 e. The first-order chi connectivity index (χ1) is 12.1. The van der Waals surface area contributed by atoms with Gasteiger partial charge in [0.15, 0.2) is 0 Å². The van der Waals surface area contributed by atoms with E-state index in [0.717, 1.165) is 32.1 Å². The lowest BCUT2D eigenvalue weighted by atomic mass is 9.93. The normalized spacial score (nSPS) is 11.7. The van der Waals surface area contributed by atoms with Gasteiger partial charge in [0.05, 0.1) is 25.4 Å². The Morgan fingerprint density at radius 1 is 0.760 bits per heavy atom. The van der Waals surface area contributed by atoms with Crippen LogP contribution in [0.25, 0.3) is 0 Å². The Bertz CT molecular complexity index is 309. The van der Waals surface area contributed by atoms with Gasteiger partial charge in [-0.2, -0.15) is 0 Å². The highest BCUT2D eigenvalue weighted by molar-refractivity contribution is 5.73. The summed E-state index contributed by atoms with van der Waals surface area (Å²) in [7, 11) is 0. The third-order valence-corrected chi connectivity index (χ3v) is 4.84. The van der Waals surface area contributed by atoms with Crippen LogP contribution >= 0.6 is 0 Å². The summed E-state index contributed by atoms with van der Waals surface area (Å²) in [5.41, 5.74) is -0.865. The van der Waals surface area contributed by atoms with Crippen molar-refractivity contribution >= 4 is 5.91 Å². The molecule has 5 heteroatoms. The molecule has 150 valence electrons. The van der Waals surface area contributed by atoms with Gasteiger partial charge in [0.25, 0.3) is 0 Å². The van der Waals surface area contributed by atoms with Gasteiger partial charge in [-0.05, 0) is 12.8 Å². The third kappa shape index (κ3) is 14.2. The zero-order valence-corrected chi connectivity index (χ0v) is 16.2. The molecule has 0 spiro atoms. The molecule has 0 heterocycles. The average Bonchev–Trinajstić information content (AvgIpc) is 2.60. The molecular formula is C20H40FNO3. The molecule has 0 atom stereocenters. The van der Waals surface area contributed by atoms with Crippen LogP contribution in [0.4, 0.5) is 4.39 Å². The standard InChI is InChI=1S/C20H40FNO3/c1-19(25)22-20(17-23,18-24)15-13-11-9-7-5-3-2-4-6-8-10-12-14-16-21/h23-24H,2-18H2,1H3,(H,22,25). The van der Waals surface area contributed by atoms with Crippen LogP contribution in [-0.4, -0.2) is 41.5 Å². The summed E-state index contributed by atoms with van der Waals surface area (Å²) in [4.78, 5) is 11.2. The van der Waals surface area contributed by atoms with Gasteiger partial charge in [-0.15, -0.1) is 0 Å². The van der Waals surface area contributed by atoms with E-state index in [0.29, 0.717) is 6.42 Å². The summed E-state index contributed by atoms with van der Waals surface area (Å²) in [6, 6.07) is 0. The lowest BCUT2D eigenvalue weighted by Gasteiger charge is -2.30. The third-order valence-electron chi connectivity index (χ3n) is 4.84. The predicted molar refractivity (Wildman–Crippen MR) is 101 cm³/mol. The Labute approximate surface area is 153 Å². The number of unbranched alkanes of at least 4 members (excludes halogenated alkanes) is 12. The number of hydrogen-bond donors (Lipinski definition) is 3. The largest absolute Gasteiger partial charge is 0.394 e. The number of aliphatic hydroxyl groups is 2. The molecule has 0 aromatic rings. The van der Waals surface area contributed by atoms with Crippen LogP contribution in [0.5, 0.6) is 0 Å². The quantitative estimate of drug-likeness (QED) is 0.319. The first-order valence-corrected chi connectivity index (χ1v) is 10.2. The second-order valence-corrected chi connectivity index (χ2v) is 7.31. The van der Waals surface area contributed by atoms with E-state index in [1.807, 2.05) is 0 Å². The monoisotopic (exact) mass is 361 g/mol. The molecule has 0 saturated carbocycles. The molecule has 0 aromatic heterocycles. The van der Waals surface area contributed by atoms with E-state index < -0.39 is 5.54 Å². The van der Waals surface area contributed by atoms with Gasteiger partial charge < -0.3 is 15.5 Å². The SMILES string of the molecule is CC(=O)NC(CO)(CO)CCCCCCCCCCCCCCCF. The van der Waals surface area contributed by atoms with Crippen molar-refractivity contribution < 1.29 is 19.4 Å². The number of alkyl halides is 1. The van der Waals surface area contributed by atoms with Crippen molar-refractivity contribution in [3.8, 4) is 0 Å². The molecule has 0 unspecified atom stereocenters. The Hall–Kier alpha value is -0.680. The van der Waals surface area contributed by atoms with Crippen molar-refractivity contribution in [1.29, 1.82) is 0 Å². The van der Waals surface area contributed by atoms with Crippen LogP contribution in [0.1, 0.15) is 96.8 Å². The number of aliphatic hydroxyl groups excluding tert-OH is 2. The van der Waals surface area contributed by atoms with E-state index in [1.165, 1.54) is 58.3 Å². The van der Waals surface area contributed by atoms with Gasteiger partial charge >= 0.3 is 0 Å². The number of amides is 1. The van der Waals surface area contributed by atoms with Gasteiger partial charge in [0.2, 0.25) is 5.91 Å². The van der Waals surface area contributed by atoms with Crippen molar-refractivity contribution in [1.82, 2.24) is 5.32 Å². The van der Waals surface area contributed by atoms with E-state index in [9.17, 15) is 19.4 Å². The minimum absolute atomic E-state index is 0.172. The number of hydrogen-bond acceptors (Lipinski definition) is 3. The molecule has 0 aliphatic heterocycles. The second-order valence-electron chi connectivity index (χ2n) is 7.31. The summed E-state index contributed by atoms with van der Waals surface area (Å²) in [5.74, 6) is -0.217. The Balaban J connectivity index is 3.44. The van der Waals surface area contributed by atoms with Gasteiger partial charge in [-0.3, -0.25) is 9.18 Å². The molecule has 0 bridgehead atoms. The van der Waals surface area contributed by atoms with Crippen LogP contribution in [0.15, 0.2) is 0 Å². The summed E-state index contributed by atoms with van der Waals surface area (Å²) < 4.78 is 11.9. The second kappa shape index (κ2) is 16.8. The van der Waals surface area contributed by atoms with E-state index in [2.05, 4.69) is 5.32 Å². The van der Waals surface area contributed by atoms with Crippen LogP contribution in [0.3, 0.4) is 0 Å². The molecule has 0 rings (SSSR count). The predicted octanol–water partition coefficient (Wildman–Crippen LogP) is 4.28. The first kappa shape index (κ1) is 24.3. The van der Waals surface area contributed by atoms with Crippen LogP contribution in [-0.2, 0) is 4.79 Å². The molecule has 0 radical (unpaired) electrons. The zero-order chi connectivity index (χ0) is 18.8. The Morgan fingerprint density at radius 2 is 1.12 bits per heavy atom. The molecule has 0 aliphatic rings. The van der Waals surface area contributed by atoms with E-state index >= 15 is 0 Å². The van der Waals surface area contributed by atoms with Crippen molar-refractivity contribution in [3.05, 3.63) is 0 Å². The number of halogens is 1. The van der Waals surface area contributed by atoms with E-state index in [1.54, 1.807) is 0 Å². The number of rotatable bonds is 18. The fraction of sp³-hybridized carbons (Fsp3) is 0.950. The average molecular weight is 362 g/mol. The maximum absolute atomic E-state index is 11.9. The molecule has 25 heavy (non-hydrogen) atoms. The summed E-state index contributed by atoms with van der Waals surface area (Å²) in [5, 5.41) is 21.6. The maximum atomic E-state index is 11.9. The number of carbonyl (C=O) groups is 1. The number of nitrogens with one attached hydrogen (secondary N) is 1. The minimum atomic E-state index is -0.865. The van der Waals surface area contributed by atoms with E-state index in [-0.39, 0.29) is 25.8 Å². The highest BCUT2D eigenvalue weighted by Gasteiger charge is 2.28. The van der Waals surface area contributed by atoms with Gasteiger partial charge in [-0.25, -0.2) is 0 Å². The maximum Gasteiger partial charge on any atom is 0.217 e. The lowest BCUT2D eigenvalue weighted by Crippen LogP contribution is -2.53. The molecule has 0 saturated heterocycles. The highest BCUT2D eigenvalue weighted by Crippen LogP contribution is 2.17. The number of carbonyl (C=O) groups excluding carboxylic acids is 1. The Kier molecular flexibility index (Phi) is 16.3.